The molecule has 1 aromatic carbocycles. The first-order valence-corrected chi connectivity index (χ1v) is 8.65. The Morgan fingerprint density at radius 1 is 1.38 bits per heavy atom. The number of carbonyl (C=O) groups excluding carboxylic acids is 1. The van der Waals surface area contributed by atoms with Crippen LogP contribution < -0.4 is 10.1 Å². The topological polar surface area (TPSA) is 64.1 Å². The Morgan fingerprint density at radius 3 is 2.81 bits per heavy atom. The van der Waals surface area contributed by atoms with Gasteiger partial charge in [-0.25, -0.2) is 0 Å². The van der Waals surface area contributed by atoms with Crippen molar-refractivity contribution in [2.45, 2.75) is 17.2 Å². The third-order valence-corrected chi connectivity index (χ3v) is 4.52. The van der Waals surface area contributed by atoms with Crippen LogP contribution >= 0.6 is 34.7 Å². The number of aromatic nitrogens is 2. The molecule has 1 heterocycles. The summed E-state index contributed by atoms with van der Waals surface area (Å²) in [6, 6.07) is 7.13. The first kappa shape index (κ1) is 16.1. The van der Waals surface area contributed by atoms with Crippen molar-refractivity contribution in [2.24, 2.45) is 0 Å². The zero-order chi connectivity index (χ0) is 15.1. The SMILES string of the molecule is CSc1nnc(NC(=O)CCCOc2ccc(Cl)cc2)s1. The van der Waals surface area contributed by atoms with Crippen molar-refractivity contribution in [3.63, 3.8) is 0 Å². The van der Waals surface area contributed by atoms with Gasteiger partial charge in [0.1, 0.15) is 5.75 Å². The van der Waals surface area contributed by atoms with E-state index in [-0.39, 0.29) is 5.91 Å². The summed E-state index contributed by atoms with van der Waals surface area (Å²) in [6.07, 6.45) is 2.92. The smallest absolute Gasteiger partial charge is 0.226 e. The summed E-state index contributed by atoms with van der Waals surface area (Å²) >= 11 is 8.65. The fourth-order valence-corrected chi connectivity index (χ4v) is 2.79. The van der Waals surface area contributed by atoms with Crippen LogP contribution in [0.1, 0.15) is 12.8 Å². The Hall–Kier alpha value is -1.31. The number of anilines is 1. The Kier molecular flexibility index (Phi) is 6.28. The molecule has 0 radical (unpaired) electrons. The van der Waals surface area contributed by atoms with Crippen molar-refractivity contribution in [1.29, 1.82) is 0 Å². The molecule has 5 nitrogen and oxygen atoms in total. The Balaban J connectivity index is 1.66. The lowest BCUT2D eigenvalue weighted by molar-refractivity contribution is -0.116. The second kappa shape index (κ2) is 8.21. The molecular weight excluding hydrogens is 330 g/mol. The van der Waals surface area contributed by atoms with Gasteiger partial charge in [-0.05, 0) is 36.9 Å². The van der Waals surface area contributed by atoms with Gasteiger partial charge in [0.25, 0.3) is 0 Å². The van der Waals surface area contributed by atoms with Crippen LogP contribution in [0.5, 0.6) is 5.75 Å². The molecule has 1 N–H and O–H groups in total. The second-order valence-corrected chi connectivity index (χ2v) is 6.50. The molecule has 112 valence electrons. The third kappa shape index (κ3) is 5.53. The maximum absolute atomic E-state index is 11.7. The van der Waals surface area contributed by atoms with E-state index in [1.807, 2.05) is 6.26 Å². The van der Waals surface area contributed by atoms with E-state index < -0.39 is 0 Å². The van der Waals surface area contributed by atoms with E-state index >= 15 is 0 Å². The van der Waals surface area contributed by atoms with E-state index in [9.17, 15) is 4.79 Å². The summed E-state index contributed by atoms with van der Waals surface area (Å²) in [5.74, 6) is 0.659. The molecule has 1 aromatic heterocycles. The Labute approximate surface area is 136 Å². The van der Waals surface area contributed by atoms with E-state index in [2.05, 4.69) is 15.5 Å². The number of hydrogen-bond acceptors (Lipinski definition) is 6. The lowest BCUT2D eigenvalue weighted by Gasteiger charge is -2.05. The van der Waals surface area contributed by atoms with Gasteiger partial charge >= 0.3 is 0 Å². The first-order valence-electron chi connectivity index (χ1n) is 6.23. The Bertz CT molecular complexity index is 589. The van der Waals surface area contributed by atoms with Crippen LogP contribution in [-0.2, 0) is 4.79 Å². The predicted molar refractivity (Wildman–Crippen MR) is 86.5 cm³/mol. The minimum Gasteiger partial charge on any atom is -0.494 e. The molecule has 8 heteroatoms. The number of halogens is 1. The lowest BCUT2D eigenvalue weighted by atomic mass is 10.3. The number of hydrogen-bond donors (Lipinski definition) is 1. The van der Waals surface area contributed by atoms with Gasteiger partial charge in [-0.2, -0.15) is 0 Å². The molecule has 0 aliphatic carbocycles. The van der Waals surface area contributed by atoms with Crippen LogP contribution in [0.25, 0.3) is 0 Å². The van der Waals surface area contributed by atoms with Crippen molar-refractivity contribution in [3.05, 3.63) is 29.3 Å². The fraction of sp³-hybridized carbons (Fsp3) is 0.308. The highest BCUT2D eigenvalue weighted by Gasteiger charge is 2.07. The average molecular weight is 344 g/mol. The summed E-state index contributed by atoms with van der Waals surface area (Å²) in [4.78, 5) is 11.7. The van der Waals surface area contributed by atoms with E-state index in [0.29, 0.717) is 29.6 Å². The molecule has 0 aliphatic heterocycles. The number of carbonyl (C=O) groups is 1. The molecule has 21 heavy (non-hydrogen) atoms. The largest absolute Gasteiger partial charge is 0.494 e. The lowest BCUT2D eigenvalue weighted by Crippen LogP contribution is -2.12. The van der Waals surface area contributed by atoms with Gasteiger partial charge in [0.05, 0.1) is 6.61 Å². The van der Waals surface area contributed by atoms with Crippen LogP contribution in [-0.4, -0.2) is 29.0 Å². The number of rotatable bonds is 7. The molecule has 0 saturated heterocycles. The van der Waals surface area contributed by atoms with Gasteiger partial charge in [0.2, 0.25) is 11.0 Å². The summed E-state index contributed by atoms with van der Waals surface area (Å²) in [5, 5.41) is 11.7. The Morgan fingerprint density at radius 2 is 2.14 bits per heavy atom. The van der Waals surface area contributed by atoms with Crippen LogP contribution in [0, 0.1) is 0 Å². The van der Waals surface area contributed by atoms with Gasteiger partial charge in [0, 0.05) is 11.4 Å². The molecule has 2 rings (SSSR count). The summed E-state index contributed by atoms with van der Waals surface area (Å²) in [7, 11) is 0. The van der Waals surface area contributed by atoms with Gasteiger partial charge in [-0.1, -0.05) is 34.7 Å². The number of nitrogens with zero attached hydrogens (tertiary/aromatic N) is 2. The standard InChI is InChI=1S/C13H14ClN3O2S2/c1-20-13-17-16-12(21-13)15-11(18)3-2-8-19-10-6-4-9(14)5-7-10/h4-7H,2-3,8H2,1H3,(H,15,16,18). The quantitative estimate of drug-likeness (QED) is 0.471. The van der Waals surface area contributed by atoms with Crippen LogP contribution in [0.2, 0.25) is 5.02 Å². The highest BCUT2D eigenvalue weighted by Crippen LogP contribution is 2.23. The van der Waals surface area contributed by atoms with E-state index in [4.69, 9.17) is 16.3 Å². The first-order chi connectivity index (χ1) is 10.2. The molecule has 0 fully saturated rings. The van der Waals surface area contributed by atoms with E-state index in [1.54, 1.807) is 24.3 Å². The minimum atomic E-state index is -0.0847. The van der Waals surface area contributed by atoms with Crippen LogP contribution in [0.3, 0.4) is 0 Å². The second-order valence-electron chi connectivity index (χ2n) is 4.03. The molecular formula is C13H14ClN3O2S2. The monoisotopic (exact) mass is 343 g/mol. The van der Waals surface area contributed by atoms with Crippen LogP contribution in [0.4, 0.5) is 5.13 Å². The fourth-order valence-electron chi connectivity index (χ4n) is 1.48. The zero-order valence-electron chi connectivity index (χ0n) is 11.3. The molecule has 1 amide bonds. The van der Waals surface area contributed by atoms with E-state index in [1.165, 1.54) is 23.1 Å². The third-order valence-electron chi connectivity index (χ3n) is 2.46. The molecule has 0 aliphatic rings. The van der Waals surface area contributed by atoms with Crippen molar-refractivity contribution in [3.8, 4) is 5.75 Å². The highest BCUT2D eigenvalue weighted by atomic mass is 35.5. The maximum Gasteiger partial charge on any atom is 0.226 e. The average Bonchev–Trinajstić information content (AvgIpc) is 2.93. The number of ether oxygens (including phenoxy) is 1. The summed E-state index contributed by atoms with van der Waals surface area (Å²) in [5.41, 5.74) is 0. The van der Waals surface area contributed by atoms with E-state index in [0.717, 1.165) is 10.1 Å². The van der Waals surface area contributed by atoms with Crippen molar-refractivity contribution in [2.75, 3.05) is 18.2 Å². The zero-order valence-corrected chi connectivity index (χ0v) is 13.7. The van der Waals surface area contributed by atoms with Gasteiger partial charge in [0.15, 0.2) is 4.34 Å². The summed E-state index contributed by atoms with van der Waals surface area (Å²) < 4.78 is 6.35. The molecule has 2 aromatic rings. The molecule has 0 unspecified atom stereocenters. The number of nitrogens with one attached hydrogen (secondary N) is 1. The summed E-state index contributed by atoms with van der Waals surface area (Å²) in [6.45, 7) is 0.473. The minimum absolute atomic E-state index is 0.0847. The van der Waals surface area contributed by atoms with Crippen molar-refractivity contribution < 1.29 is 9.53 Å². The maximum atomic E-state index is 11.7. The molecule has 0 atom stereocenters. The molecule has 0 bridgehead atoms. The molecule has 0 saturated carbocycles. The number of thioether (sulfide) groups is 1. The normalized spacial score (nSPS) is 10.4. The number of benzene rings is 1. The highest BCUT2D eigenvalue weighted by molar-refractivity contribution is 8.00. The predicted octanol–water partition coefficient (Wildman–Crippen LogP) is 3.71. The van der Waals surface area contributed by atoms with Gasteiger partial charge in [-0.15, -0.1) is 10.2 Å². The van der Waals surface area contributed by atoms with Crippen molar-refractivity contribution >= 4 is 45.7 Å². The molecule has 0 spiro atoms. The number of amides is 1. The van der Waals surface area contributed by atoms with Gasteiger partial charge < -0.3 is 10.1 Å². The van der Waals surface area contributed by atoms with Crippen LogP contribution in [0.15, 0.2) is 28.6 Å². The van der Waals surface area contributed by atoms with Gasteiger partial charge in [-0.3, -0.25) is 4.79 Å². The van der Waals surface area contributed by atoms with Crippen molar-refractivity contribution in [1.82, 2.24) is 10.2 Å².